The third-order valence-corrected chi connectivity index (χ3v) is 7.68. The topological polar surface area (TPSA) is 52.6 Å². The third kappa shape index (κ3) is 8.31. The first kappa shape index (κ1) is 28.1. The Labute approximate surface area is 222 Å². The average molecular weight is 508 g/mol. The van der Waals surface area contributed by atoms with Crippen molar-refractivity contribution in [3.8, 4) is 0 Å². The van der Waals surface area contributed by atoms with E-state index in [1.165, 1.54) is 50.9 Å². The highest BCUT2D eigenvalue weighted by Gasteiger charge is 2.12. The molecule has 3 rings (SSSR count). The number of allylic oxidation sites excluding steroid dienone is 3. The lowest BCUT2D eigenvalue weighted by Gasteiger charge is -2.22. The summed E-state index contributed by atoms with van der Waals surface area (Å²) >= 11 is 1.67. The zero-order valence-electron chi connectivity index (χ0n) is 23.0. The van der Waals surface area contributed by atoms with E-state index in [0.29, 0.717) is 0 Å². The van der Waals surface area contributed by atoms with Crippen molar-refractivity contribution < 1.29 is 0 Å². The predicted octanol–water partition coefficient (Wildman–Crippen LogP) is 7.50. The van der Waals surface area contributed by atoms with E-state index >= 15 is 0 Å². The second-order valence-corrected chi connectivity index (χ2v) is 11.2. The minimum absolute atomic E-state index is 0.800. The molecule has 0 saturated carbocycles. The molecule has 0 aliphatic carbocycles. The second-order valence-electron chi connectivity index (χ2n) is 10.1. The monoisotopic (exact) mass is 507 g/mol. The van der Waals surface area contributed by atoms with Gasteiger partial charge in [0.1, 0.15) is 10.7 Å². The van der Waals surface area contributed by atoms with Crippen molar-refractivity contribution in [3.63, 3.8) is 0 Å². The Morgan fingerprint density at radius 2 is 2.03 bits per heavy atom. The Hall–Kier alpha value is -2.44. The van der Waals surface area contributed by atoms with Crippen LogP contribution >= 0.6 is 11.3 Å². The van der Waals surface area contributed by atoms with Crippen LogP contribution in [0.25, 0.3) is 15.8 Å². The van der Waals surface area contributed by atoms with Crippen LogP contribution in [0.5, 0.6) is 0 Å². The Kier molecular flexibility index (Phi) is 11.2. The van der Waals surface area contributed by atoms with Crippen LogP contribution in [0.15, 0.2) is 53.2 Å². The number of amidine groups is 1. The molecule has 0 unspecified atom stereocenters. The molecule has 0 bridgehead atoms. The van der Waals surface area contributed by atoms with Crippen LogP contribution in [0.1, 0.15) is 71.9 Å². The van der Waals surface area contributed by atoms with E-state index in [1.807, 2.05) is 20.0 Å². The molecule has 0 spiro atoms. The first-order valence-electron chi connectivity index (χ1n) is 13.6. The zero-order chi connectivity index (χ0) is 25.9. The van der Waals surface area contributed by atoms with Gasteiger partial charge >= 0.3 is 0 Å². The SMILES string of the molecule is C=C/C(=C(/C)NC)c1ccc2cc(NC3=NCCC(CCCN(CCC)CCCC(C)C)=C3)sc2n1. The Morgan fingerprint density at radius 1 is 1.22 bits per heavy atom. The van der Waals surface area contributed by atoms with Crippen LogP contribution < -0.4 is 10.6 Å². The van der Waals surface area contributed by atoms with Gasteiger partial charge in [-0.05, 0) is 95.3 Å². The van der Waals surface area contributed by atoms with Crippen LogP contribution in [0, 0.1) is 5.92 Å². The molecule has 2 aromatic heterocycles. The second kappa shape index (κ2) is 14.3. The summed E-state index contributed by atoms with van der Waals surface area (Å²) in [7, 11) is 1.92. The first-order valence-corrected chi connectivity index (χ1v) is 14.4. The number of hydrogen-bond donors (Lipinski definition) is 2. The smallest absolute Gasteiger partial charge is 0.125 e. The minimum Gasteiger partial charge on any atom is -0.391 e. The average Bonchev–Trinajstić information content (AvgIpc) is 3.26. The van der Waals surface area contributed by atoms with Gasteiger partial charge in [-0.25, -0.2) is 4.98 Å². The van der Waals surface area contributed by atoms with Gasteiger partial charge in [-0.1, -0.05) is 50.3 Å². The van der Waals surface area contributed by atoms with E-state index in [-0.39, 0.29) is 0 Å². The summed E-state index contributed by atoms with van der Waals surface area (Å²) in [4.78, 5) is 13.3. The summed E-state index contributed by atoms with van der Waals surface area (Å²) in [6, 6.07) is 6.37. The standard InChI is InChI=1S/C30H45N5S/c1-7-17-35(18-9-11-22(3)4)19-10-12-24-15-16-32-28(20-24)34-29-21-25-13-14-27(33-30(25)36-29)26(8-2)23(5)31-6/h8,13-14,20-22,31H,2,7,9-12,15-19H2,1,3-6H3,(H,32,34)/b26-23+. The van der Waals surface area contributed by atoms with Gasteiger partial charge < -0.3 is 15.5 Å². The number of anilines is 1. The number of nitrogens with zero attached hydrogens (tertiary/aromatic N) is 3. The number of aliphatic imine (C=N–C) groups is 1. The van der Waals surface area contributed by atoms with Crippen LogP contribution in [0.4, 0.5) is 5.00 Å². The van der Waals surface area contributed by atoms with E-state index in [4.69, 9.17) is 9.98 Å². The van der Waals surface area contributed by atoms with E-state index in [0.717, 1.165) is 63.3 Å². The molecular formula is C30H45N5S. The molecular weight excluding hydrogens is 462 g/mol. The minimum atomic E-state index is 0.800. The Balaban J connectivity index is 1.59. The fourth-order valence-corrected chi connectivity index (χ4v) is 5.59. The van der Waals surface area contributed by atoms with Crippen molar-refractivity contribution in [2.45, 2.75) is 66.2 Å². The summed E-state index contributed by atoms with van der Waals surface area (Å²) in [5.74, 6) is 1.77. The first-order chi connectivity index (χ1) is 17.4. The van der Waals surface area contributed by atoms with Gasteiger partial charge in [0, 0.05) is 30.2 Å². The fraction of sp³-hybridized carbons (Fsp3) is 0.533. The van der Waals surface area contributed by atoms with Crippen LogP contribution in [-0.2, 0) is 0 Å². The highest BCUT2D eigenvalue weighted by Crippen LogP contribution is 2.31. The van der Waals surface area contributed by atoms with Crippen molar-refractivity contribution in [1.29, 1.82) is 0 Å². The van der Waals surface area contributed by atoms with E-state index in [2.05, 4.69) is 67.2 Å². The molecule has 2 N–H and O–H groups in total. The van der Waals surface area contributed by atoms with Crippen molar-refractivity contribution in [3.05, 3.63) is 53.9 Å². The molecule has 0 radical (unpaired) electrons. The van der Waals surface area contributed by atoms with Crippen LogP contribution in [0.2, 0.25) is 0 Å². The Morgan fingerprint density at radius 3 is 2.75 bits per heavy atom. The number of thiophene rings is 1. The molecule has 0 saturated heterocycles. The molecule has 196 valence electrons. The van der Waals surface area contributed by atoms with E-state index < -0.39 is 0 Å². The van der Waals surface area contributed by atoms with E-state index in [9.17, 15) is 0 Å². The molecule has 0 aromatic carbocycles. The predicted molar refractivity (Wildman–Crippen MR) is 160 cm³/mol. The van der Waals surface area contributed by atoms with Crippen molar-refractivity contribution in [1.82, 2.24) is 15.2 Å². The number of aromatic nitrogens is 1. The summed E-state index contributed by atoms with van der Waals surface area (Å²) in [6.45, 7) is 17.5. The number of hydrogen-bond acceptors (Lipinski definition) is 6. The highest BCUT2D eigenvalue weighted by atomic mass is 32.1. The molecule has 0 amide bonds. The van der Waals surface area contributed by atoms with Gasteiger partial charge in [-0.15, -0.1) is 0 Å². The van der Waals surface area contributed by atoms with Crippen LogP contribution in [-0.4, -0.2) is 48.9 Å². The van der Waals surface area contributed by atoms with Gasteiger partial charge in [0.2, 0.25) is 0 Å². The molecule has 1 aliphatic heterocycles. The number of nitrogens with one attached hydrogen (secondary N) is 2. The molecule has 3 heterocycles. The largest absolute Gasteiger partial charge is 0.391 e. The number of rotatable bonds is 14. The number of dihydropyridines is 1. The van der Waals surface area contributed by atoms with Gasteiger partial charge in [0.25, 0.3) is 0 Å². The third-order valence-electron chi connectivity index (χ3n) is 6.72. The summed E-state index contributed by atoms with van der Waals surface area (Å²) < 4.78 is 0. The normalized spacial score (nSPS) is 14.6. The molecule has 0 atom stereocenters. The van der Waals surface area contributed by atoms with Gasteiger partial charge in [-0.3, -0.25) is 4.99 Å². The maximum atomic E-state index is 4.90. The molecule has 1 aliphatic rings. The molecule has 6 heteroatoms. The fourth-order valence-electron chi connectivity index (χ4n) is 4.65. The molecule has 36 heavy (non-hydrogen) atoms. The van der Waals surface area contributed by atoms with Crippen molar-refractivity contribution in [2.75, 3.05) is 38.5 Å². The molecule has 5 nitrogen and oxygen atoms in total. The summed E-state index contributed by atoms with van der Waals surface area (Å²) in [6.07, 6.45) is 11.5. The Bertz CT molecular complexity index is 1090. The lowest BCUT2D eigenvalue weighted by atomic mass is 10.0. The summed E-state index contributed by atoms with van der Waals surface area (Å²) in [5, 5.41) is 8.98. The van der Waals surface area contributed by atoms with Gasteiger partial charge in [-0.2, -0.15) is 0 Å². The zero-order valence-corrected chi connectivity index (χ0v) is 23.8. The number of fused-ring (bicyclic) bond motifs is 1. The maximum Gasteiger partial charge on any atom is 0.125 e. The number of pyridine rings is 1. The summed E-state index contributed by atoms with van der Waals surface area (Å²) in [5.41, 5.74) is 4.55. The molecule has 2 aromatic rings. The van der Waals surface area contributed by atoms with Crippen LogP contribution in [0.3, 0.4) is 0 Å². The van der Waals surface area contributed by atoms with Crippen molar-refractivity contribution >= 4 is 38.0 Å². The van der Waals surface area contributed by atoms with Gasteiger partial charge in [0.15, 0.2) is 0 Å². The van der Waals surface area contributed by atoms with Crippen molar-refractivity contribution in [2.24, 2.45) is 10.9 Å². The quantitative estimate of drug-likeness (QED) is 0.260. The van der Waals surface area contributed by atoms with Gasteiger partial charge in [0.05, 0.1) is 10.7 Å². The lowest BCUT2D eigenvalue weighted by molar-refractivity contribution is 0.260. The lowest BCUT2D eigenvalue weighted by Crippen LogP contribution is -2.27. The maximum absolute atomic E-state index is 4.90. The van der Waals surface area contributed by atoms with E-state index in [1.54, 1.807) is 11.3 Å². The molecule has 0 fully saturated rings. The highest BCUT2D eigenvalue weighted by molar-refractivity contribution is 7.22.